The second-order valence-electron chi connectivity index (χ2n) is 5.40. The second-order valence-corrected chi connectivity index (χ2v) is 5.40. The molecular formula is C12H22N2O5. The average Bonchev–Trinajstić information content (AvgIpc) is 2.11. The van der Waals surface area contributed by atoms with E-state index in [0.717, 1.165) is 0 Å². The van der Waals surface area contributed by atoms with Gasteiger partial charge >= 0.3 is 11.9 Å². The van der Waals surface area contributed by atoms with E-state index in [1.165, 1.54) is 0 Å². The third-order valence-electron chi connectivity index (χ3n) is 2.01. The minimum atomic E-state index is -1.15. The number of carbonyl (C=O) groups excluding carboxylic acids is 2. The van der Waals surface area contributed by atoms with Crippen molar-refractivity contribution >= 4 is 17.8 Å². The van der Waals surface area contributed by atoms with Crippen LogP contribution < -0.4 is 11.1 Å². The lowest BCUT2D eigenvalue weighted by Crippen LogP contribution is -2.46. The Kier molecular flexibility index (Phi) is 6.47. The second kappa shape index (κ2) is 7.08. The standard InChI is InChI=1S/C12H22N2O5/c1-7(5-10(17)19-12(2,3)4)14-11(18)8(13)6-9(15)16/h7-8H,5-6,13H2,1-4H3,(H,14,18)(H,15,16)/t7-,8+/m0/s1. The quantitative estimate of drug-likeness (QED) is 0.588. The van der Waals surface area contributed by atoms with Crippen molar-refractivity contribution in [2.75, 3.05) is 0 Å². The van der Waals surface area contributed by atoms with Crippen LogP contribution in [0, 0.1) is 0 Å². The summed E-state index contributed by atoms with van der Waals surface area (Å²) >= 11 is 0. The van der Waals surface area contributed by atoms with E-state index in [4.69, 9.17) is 15.6 Å². The number of carboxylic acid groups (broad SMARTS) is 1. The van der Waals surface area contributed by atoms with E-state index >= 15 is 0 Å². The molecule has 0 aromatic carbocycles. The topological polar surface area (TPSA) is 119 Å². The van der Waals surface area contributed by atoms with Crippen LogP contribution in [-0.4, -0.2) is 40.6 Å². The van der Waals surface area contributed by atoms with Crippen molar-refractivity contribution in [3.8, 4) is 0 Å². The lowest BCUT2D eigenvalue weighted by Gasteiger charge is -2.21. The Morgan fingerprint density at radius 3 is 2.21 bits per heavy atom. The van der Waals surface area contributed by atoms with Crippen molar-refractivity contribution in [3.63, 3.8) is 0 Å². The number of carbonyl (C=O) groups is 3. The highest BCUT2D eigenvalue weighted by molar-refractivity contribution is 5.86. The number of aliphatic carboxylic acids is 1. The Balaban J connectivity index is 4.17. The van der Waals surface area contributed by atoms with Gasteiger partial charge in [0.1, 0.15) is 5.60 Å². The highest BCUT2D eigenvalue weighted by atomic mass is 16.6. The van der Waals surface area contributed by atoms with Gasteiger partial charge in [0.25, 0.3) is 0 Å². The number of hydrogen-bond donors (Lipinski definition) is 3. The molecule has 0 aromatic rings. The molecule has 0 unspecified atom stereocenters. The number of nitrogens with one attached hydrogen (secondary N) is 1. The maximum absolute atomic E-state index is 11.5. The molecule has 0 aliphatic carbocycles. The van der Waals surface area contributed by atoms with Gasteiger partial charge in [-0.2, -0.15) is 0 Å². The number of nitrogens with two attached hydrogens (primary N) is 1. The molecule has 7 nitrogen and oxygen atoms in total. The first-order valence-corrected chi connectivity index (χ1v) is 6.01. The number of rotatable bonds is 6. The normalized spacial score (nSPS) is 14.4. The van der Waals surface area contributed by atoms with Crippen molar-refractivity contribution in [1.82, 2.24) is 5.32 Å². The van der Waals surface area contributed by atoms with E-state index in [-0.39, 0.29) is 6.42 Å². The number of amides is 1. The molecule has 19 heavy (non-hydrogen) atoms. The molecule has 0 radical (unpaired) electrons. The lowest BCUT2D eigenvalue weighted by atomic mass is 10.1. The summed E-state index contributed by atoms with van der Waals surface area (Å²) in [6, 6.07) is -1.60. The van der Waals surface area contributed by atoms with Crippen LogP contribution in [0.25, 0.3) is 0 Å². The van der Waals surface area contributed by atoms with Crippen LogP contribution in [0.5, 0.6) is 0 Å². The van der Waals surface area contributed by atoms with Gasteiger partial charge in [0.05, 0.1) is 18.9 Å². The van der Waals surface area contributed by atoms with Crippen LogP contribution in [-0.2, 0) is 19.1 Å². The fourth-order valence-electron chi connectivity index (χ4n) is 1.31. The molecule has 0 rings (SSSR count). The monoisotopic (exact) mass is 274 g/mol. The molecular weight excluding hydrogens is 252 g/mol. The van der Waals surface area contributed by atoms with E-state index in [2.05, 4.69) is 5.32 Å². The van der Waals surface area contributed by atoms with Gasteiger partial charge in [-0.3, -0.25) is 14.4 Å². The first-order valence-electron chi connectivity index (χ1n) is 6.01. The molecule has 0 fully saturated rings. The van der Waals surface area contributed by atoms with E-state index in [9.17, 15) is 14.4 Å². The smallest absolute Gasteiger partial charge is 0.308 e. The molecule has 2 atom stereocenters. The Morgan fingerprint density at radius 1 is 1.26 bits per heavy atom. The average molecular weight is 274 g/mol. The molecule has 0 aromatic heterocycles. The molecule has 0 saturated heterocycles. The number of carboxylic acids is 1. The fourth-order valence-corrected chi connectivity index (χ4v) is 1.31. The van der Waals surface area contributed by atoms with E-state index < -0.39 is 42.0 Å². The molecule has 0 spiro atoms. The van der Waals surface area contributed by atoms with E-state index in [1.54, 1.807) is 27.7 Å². The van der Waals surface area contributed by atoms with Crippen LogP contribution in [0.15, 0.2) is 0 Å². The van der Waals surface area contributed by atoms with Gasteiger partial charge in [-0.1, -0.05) is 0 Å². The maximum Gasteiger partial charge on any atom is 0.308 e. The summed E-state index contributed by atoms with van der Waals surface area (Å²) in [5, 5.41) is 11.0. The van der Waals surface area contributed by atoms with Gasteiger partial charge in [-0.15, -0.1) is 0 Å². The largest absolute Gasteiger partial charge is 0.481 e. The predicted molar refractivity (Wildman–Crippen MR) is 68.3 cm³/mol. The van der Waals surface area contributed by atoms with Crippen molar-refractivity contribution < 1.29 is 24.2 Å². The lowest BCUT2D eigenvalue weighted by molar-refractivity contribution is -0.155. The molecule has 7 heteroatoms. The highest BCUT2D eigenvalue weighted by Crippen LogP contribution is 2.09. The van der Waals surface area contributed by atoms with Crippen LogP contribution in [0.4, 0.5) is 0 Å². The molecule has 1 amide bonds. The molecule has 110 valence electrons. The van der Waals surface area contributed by atoms with Crippen LogP contribution in [0.2, 0.25) is 0 Å². The van der Waals surface area contributed by atoms with E-state index in [1.807, 2.05) is 0 Å². The van der Waals surface area contributed by atoms with Crippen LogP contribution >= 0.6 is 0 Å². The Morgan fingerprint density at radius 2 is 1.79 bits per heavy atom. The predicted octanol–water partition coefficient (Wildman–Crippen LogP) is 0.0249. The molecule has 0 heterocycles. The fraction of sp³-hybridized carbons (Fsp3) is 0.750. The van der Waals surface area contributed by atoms with Crippen molar-refractivity contribution in [2.45, 2.75) is 58.2 Å². The first-order chi connectivity index (χ1) is 8.51. The zero-order valence-corrected chi connectivity index (χ0v) is 11.7. The highest BCUT2D eigenvalue weighted by Gasteiger charge is 2.22. The maximum atomic E-state index is 11.5. The van der Waals surface area contributed by atoms with Crippen molar-refractivity contribution in [1.29, 1.82) is 0 Å². The summed E-state index contributed by atoms with van der Waals surface area (Å²) in [7, 11) is 0. The first kappa shape index (κ1) is 17.4. The summed E-state index contributed by atoms with van der Waals surface area (Å²) in [5.41, 5.74) is 4.81. The molecule has 0 aliphatic rings. The molecule has 0 aliphatic heterocycles. The zero-order chi connectivity index (χ0) is 15.2. The SMILES string of the molecule is C[C@@H](CC(=O)OC(C)(C)C)NC(=O)[C@H](N)CC(=O)O. The number of esters is 1. The summed E-state index contributed by atoms with van der Waals surface area (Å²) in [4.78, 5) is 33.4. The van der Waals surface area contributed by atoms with Crippen molar-refractivity contribution in [2.24, 2.45) is 5.73 Å². The Labute approximate surface area is 112 Å². The van der Waals surface area contributed by atoms with Gasteiger partial charge in [-0.05, 0) is 27.7 Å². The van der Waals surface area contributed by atoms with Crippen molar-refractivity contribution in [3.05, 3.63) is 0 Å². The number of ether oxygens (including phenoxy) is 1. The Bertz CT molecular complexity index is 349. The summed E-state index contributed by atoms with van der Waals surface area (Å²) in [6.07, 6.45) is -0.451. The van der Waals surface area contributed by atoms with Gasteiger partial charge in [-0.25, -0.2) is 0 Å². The third kappa shape index (κ3) is 9.01. The molecule has 4 N–H and O–H groups in total. The minimum Gasteiger partial charge on any atom is -0.481 e. The van der Waals surface area contributed by atoms with E-state index in [0.29, 0.717) is 0 Å². The van der Waals surface area contributed by atoms with Crippen LogP contribution in [0.1, 0.15) is 40.5 Å². The minimum absolute atomic E-state index is 0.00278. The Hall–Kier alpha value is -1.63. The summed E-state index contributed by atoms with van der Waals surface area (Å²) in [5.74, 6) is -2.19. The third-order valence-corrected chi connectivity index (χ3v) is 2.01. The van der Waals surface area contributed by atoms with Gasteiger partial charge in [0, 0.05) is 6.04 Å². The van der Waals surface area contributed by atoms with Crippen LogP contribution in [0.3, 0.4) is 0 Å². The summed E-state index contributed by atoms with van der Waals surface area (Å²) < 4.78 is 5.10. The zero-order valence-electron chi connectivity index (χ0n) is 11.7. The van der Waals surface area contributed by atoms with Gasteiger partial charge < -0.3 is 20.9 Å². The summed E-state index contributed by atoms with van der Waals surface area (Å²) in [6.45, 7) is 6.86. The van der Waals surface area contributed by atoms with Gasteiger partial charge in [0.2, 0.25) is 5.91 Å². The molecule has 0 saturated carbocycles. The number of hydrogen-bond acceptors (Lipinski definition) is 5. The molecule has 0 bridgehead atoms. The van der Waals surface area contributed by atoms with Gasteiger partial charge in [0.15, 0.2) is 0 Å².